The number of anilines is 2. The minimum atomic E-state index is 0.778. The molecule has 2 aromatic carbocycles. The summed E-state index contributed by atoms with van der Waals surface area (Å²) >= 11 is 1.72. The maximum Gasteiger partial charge on any atom is 0.157 e. The van der Waals surface area contributed by atoms with Crippen molar-refractivity contribution in [2.45, 2.75) is 4.90 Å². The molecule has 1 N–H and O–H groups in total. The number of hydrogen-bond donors (Lipinski definition) is 1. The second-order valence-electron chi connectivity index (χ2n) is 5.67. The average Bonchev–Trinajstić information content (AvgIpc) is 3.07. The first-order valence-corrected chi connectivity index (χ1v) is 9.39. The van der Waals surface area contributed by atoms with E-state index in [4.69, 9.17) is 9.72 Å². The largest absolute Gasteiger partial charge is 0.495 e. The molecular formula is C20H18N4OS. The van der Waals surface area contributed by atoms with E-state index in [0.717, 1.165) is 34.2 Å². The summed E-state index contributed by atoms with van der Waals surface area (Å²) in [7, 11) is 1.67. The molecule has 2 aromatic heterocycles. The van der Waals surface area contributed by atoms with Gasteiger partial charge in [0.15, 0.2) is 5.65 Å². The van der Waals surface area contributed by atoms with Crippen molar-refractivity contribution in [3.8, 4) is 17.0 Å². The summed E-state index contributed by atoms with van der Waals surface area (Å²) in [6.07, 6.45) is 7.48. The van der Waals surface area contributed by atoms with Gasteiger partial charge in [0, 0.05) is 22.9 Å². The Morgan fingerprint density at radius 1 is 1.08 bits per heavy atom. The first-order valence-electron chi connectivity index (χ1n) is 8.16. The third-order valence-corrected chi connectivity index (χ3v) is 4.90. The lowest BCUT2D eigenvalue weighted by Crippen LogP contribution is -1.99. The first kappa shape index (κ1) is 16.5. The Morgan fingerprint density at radius 3 is 2.65 bits per heavy atom. The molecule has 0 aliphatic heterocycles. The van der Waals surface area contributed by atoms with Gasteiger partial charge in [0.25, 0.3) is 0 Å². The van der Waals surface area contributed by atoms with Crippen LogP contribution < -0.4 is 10.1 Å². The summed E-state index contributed by atoms with van der Waals surface area (Å²) in [5.74, 6) is 1.66. The van der Waals surface area contributed by atoms with Gasteiger partial charge in [-0.15, -0.1) is 11.8 Å². The van der Waals surface area contributed by atoms with Crippen LogP contribution in [0.25, 0.3) is 16.9 Å². The molecule has 0 saturated carbocycles. The zero-order valence-corrected chi connectivity index (χ0v) is 15.3. The van der Waals surface area contributed by atoms with E-state index in [1.165, 1.54) is 4.90 Å². The van der Waals surface area contributed by atoms with Crippen LogP contribution in [0.1, 0.15) is 0 Å². The van der Waals surface area contributed by atoms with Gasteiger partial charge in [-0.3, -0.25) is 9.38 Å². The molecule has 0 unspecified atom stereocenters. The highest BCUT2D eigenvalue weighted by Crippen LogP contribution is 2.34. The van der Waals surface area contributed by atoms with Crippen LogP contribution in [0.2, 0.25) is 0 Å². The molecule has 2 heterocycles. The zero-order chi connectivity index (χ0) is 17.9. The molecular weight excluding hydrogens is 344 g/mol. The fraction of sp³-hybridized carbons (Fsp3) is 0.100. The molecule has 0 fully saturated rings. The van der Waals surface area contributed by atoms with E-state index in [1.54, 1.807) is 31.3 Å². The summed E-state index contributed by atoms with van der Waals surface area (Å²) in [6, 6.07) is 16.2. The fourth-order valence-corrected chi connectivity index (χ4v) is 3.26. The maximum atomic E-state index is 5.47. The zero-order valence-electron chi connectivity index (χ0n) is 14.5. The molecule has 4 rings (SSSR count). The van der Waals surface area contributed by atoms with Crippen LogP contribution in [0.3, 0.4) is 0 Å². The SMILES string of the molecule is COc1ccccc1Nc1c(-c2ccc(SC)cc2)nc2cnccn12. The van der Waals surface area contributed by atoms with Crippen LogP contribution in [-0.2, 0) is 0 Å². The summed E-state index contributed by atoms with van der Waals surface area (Å²) in [4.78, 5) is 10.2. The molecule has 5 nitrogen and oxygen atoms in total. The fourth-order valence-electron chi connectivity index (χ4n) is 2.85. The lowest BCUT2D eigenvalue weighted by Gasteiger charge is -2.12. The van der Waals surface area contributed by atoms with Crippen molar-refractivity contribution in [1.82, 2.24) is 14.4 Å². The van der Waals surface area contributed by atoms with E-state index in [0.29, 0.717) is 0 Å². The normalized spacial score (nSPS) is 10.8. The van der Waals surface area contributed by atoms with Crippen LogP contribution >= 0.6 is 11.8 Å². The van der Waals surface area contributed by atoms with E-state index in [-0.39, 0.29) is 0 Å². The van der Waals surface area contributed by atoms with Gasteiger partial charge in [0.05, 0.1) is 19.0 Å². The molecule has 0 aliphatic rings. The van der Waals surface area contributed by atoms with Crippen molar-refractivity contribution in [2.75, 3.05) is 18.7 Å². The van der Waals surface area contributed by atoms with Gasteiger partial charge in [-0.2, -0.15) is 0 Å². The smallest absolute Gasteiger partial charge is 0.157 e. The molecule has 0 spiro atoms. The van der Waals surface area contributed by atoms with Gasteiger partial charge in [-0.05, 0) is 30.5 Å². The number of thioether (sulfide) groups is 1. The van der Waals surface area contributed by atoms with Gasteiger partial charge < -0.3 is 10.1 Å². The number of fused-ring (bicyclic) bond motifs is 1. The van der Waals surface area contributed by atoms with Crippen LogP contribution in [0.15, 0.2) is 72.0 Å². The Morgan fingerprint density at radius 2 is 1.88 bits per heavy atom. The second-order valence-corrected chi connectivity index (χ2v) is 6.55. The highest BCUT2D eigenvalue weighted by molar-refractivity contribution is 7.98. The predicted molar refractivity (Wildman–Crippen MR) is 106 cm³/mol. The molecule has 4 aromatic rings. The third kappa shape index (κ3) is 2.99. The number of rotatable bonds is 5. The standard InChI is InChI=1S/C20H18N4OS/c1-25-17-6-4-3-5-16(17)22-20-19(14-7-9-15(26-2)10-8-14)23-18-13-21-11-12-24(18)20/h3-13,22H,1-2H3. The summed E-state index contributed by atoms with van der Waals surface area (Å²) in [6.45, 7) is 0. The molecule has 0 aliphatic carbocycles. The van der Waals surface area contributed by atoms with E-state index in [1.807, 2.05) is 34.9 Å². The Bertz CT molecular complexity index is 1040. The van der Waals surface area contributed by atoms with Crippen molar-refractivity contribution in [3.05, 3.63) is 67.1 Å². The average molecular weight is 362 g/mol. The Kier molecular flexibility index (Phi) is 4.50. The number of methoxy groups -OCH3 is 1. The minimum absolute atomic E-state index is 0.778. The second kappa shape index (κ2) is 7.09. The van der Waals surface area contributed by atoms with Crippen molar-refractivity contribution >= 4 is 28.9 Å². The third-order valence-electron chi connectivity index (χ3n) is 4.15. The molecule has 0 atom stereocenters. The van der Waals surface area contributed by atoms with Gasteiger partial charge in [-0.1, -0.05) is 24.3 Å². The van der Waals surface area contributed by atoms with Crippen molar-refractivity contribution in [3.63, 3.8) is 0 Å². The number of ether oxygens (including phenoxy) is 1. The lowest BCUT2D eigenvalue weighted by molar-refractivity contribution is 0.417. The maximum absolute atomic E-state index is 5.47. The molecule has 26 heavy (non-hydrogen) atoms. The lowest BCUT2D eigenvalue weighted by atomic mass is 10.1. The quantitative estimate of drug-likeness (QED) is 0.513. The van der Waals surface area contributed by atoms with Crippen molar-refractivity contribution < 1.29 is 4.74 Å². The number of imidazole rings is 1. The molecule has 0 amide bonds. The highest BCUT2D eigenvalue weighted by atomic mass is 32.2. The number of hydrogen-bond acceptors (Lipinski definition) is 5. The van der Waals surface area contributed by atoms with Gasteiger partial charge >= 0.3 is 0 Å². The number of nitrogens with one attached hydrogen (secondary N) is 1. The van der Waals surface area contributed by atoms with Crippen LogP contribution in [-0.4, -0.2) is 27.7 Å². The number of nitrogens with zero attached hydrogens (tertiary/aromatic N) is 3. The van der Waals surface area contributed by atoms with Crippen LogP contribution in [0.5, 0.6) is 5.75 Å². The van der Waals surface area contributed by atoms with Crippen LogP contribution in [0.4, 0.5) is 11.5 Å². The Hall–Kier alpha value is -2.99. The van der Waals surface area contributed by atoms with Crippen molar-refractivity contribution in [1.29, 1.82) is 0 Å². The van der Waals surface area contributed by atoms with Gasteiger partial charge in [0.1, 0.15) is 17.3 Å². The summed E-state index contributed by atoms with van der Waals surface area (Å²) in [5, 5.41) is 3.48. The van der Waals surface area contributed by atoms with E-state index in [2.05, 4.69) is 40.8 Å². The molecule has 130 valence electrons. The van der Waals surface area contributed by atoms with E-state index < -0.39 is 0 Å². The highest BCUT2D eigenvalue weighted by Gasteiger charge is 2.15. The van der Waals surface area contributed by atoms with Gasteiger partial charge in [0.2, 0.25) is 0 Å². The predicted octanol–water partition coefficient (Wildman–Crippen LogP) is 4.87. The van der Waals surface area contributed by atoms with Crippen molar-refractivity contribution in [2.24, 2.45) is 0 Å². The molecule has 0 bridgehead atoms. The van der Waals surface area contributed by atoms with Crippen LogP contribution in [0, 0.1) is 0 Å². The Balaban J connectivity index is 1.86. The van der Waals surface area contributed by atoms with E-state index in [9.17, 15) is 0 Å². The van der Waals surface area contributed by atoms with Gasteiger partial charge in [-0.25, -0.2) is 4.98 Å². The molecule has 0 saturated heterocycles. The monoisotopic (exact) mass is 362 g/mol. The minimum Gasteiger partial charge on any atom is -0.495 e. The molecule has 0 radical (unpaired) electrons. The molecule has 6 heteroatoms. The summed E-state index contributed by atoms with van der Waals surface area (Å²) in [5.41, 5.74) is 3.59. The summed E-state index contributed by atoms with van der Waals surface area (Å²) < 4.78 is 7.47. The first-order chi connectivity index (χ1) is 12.8. The number of para-hydroxylation sites is 2. The topological polar surface area (TPSA) is 51.5 Å². The number of benzene rings is 2. The van der Waals surface area contributed by atoms with E-state index >= 15 is 0 Å². The number of aromatic nitrogens is 3. The Labute approximate surface area is 156 Å².